The number of benzene rings is 1. The Morgan fingerprint density at radius 2 is 1.61 bits per heavy atom. The van der Waals surface area contributed by atoms with Gasteiger partial charge in [0.05, 0.1) is 22.7 Å². The second-order valence-corrected chi connectivity index (χ2v) is 16.4. The van der Waals surface area contributed by atoms with Gasteiger partial charge in [0.1, 0.15) is 22.3 Å². The number of sulfonamides is 1. The number of carbonyl (C=O) groups excluding carboxylic acids is 5. The zero-order chi connectivity index (χ0) is 40.3. The van der Waals surface area contributed by atoms with E-state index in [4.69, 9.17) is 45.7 Å². The van der Waals surface area contributed by atoms with Crippen molar-refractivity contribution in [2.75, 3.05) is 19.6 Å². The summed E-state index contributed by atoms with van der Waals surface area (Å²) < 4.78 is 23.8. The van der Waals surface area contributed by atoms with Gasteiger partial charge in [-0.15, -0.1) is 11.3 Å². The van der Waals surface area contributed by atoms with Crippen LogP contribution in [0.25, 0.3) is 0 Å². The first-order valence-corrected chi connectivity index (χ1v) is 19.7. The smallest absolute Gasteiger partial charge is 0.326 e. The van der Waals surface area contributed by atoms with E-state index in [9.17, 15) is 52.2 Å². The summed E-state index contributed by atoms with van der Waals surface area (Å²) in [6.45, 7) is -0.298. The van der Waals surface area contributed by atoms with Crippen LogP contribution in [0.4, 0.5) is 0 Å². The van der Waals surface area contributed by atoms with E-state index < -0.39 is 98.3 Å². The number of nitrogens with two attached hydrogens (primary N) is 2. The number of carboxylic acids is 2. The van der Waals surface area contributed by atoms with Crippen LogP contribution in [0.1, 0.15) is 54.4 Å². The summed E-state index contributed by atoms with van der Waals surface area (Å²) in [4.78, 5) is 89.4. The molecule has 0 radical (unpaired) electrons. The third-order valence-corrected chi connectivity index (χ3v) is 11.3. The number of nitrogens with zero attached hydrogens (tertiary/aromatic N) is 1. The largest absolute Gasteiger partial charge is 0.480 e. The highest BCUT2D eigenvalue weighted by atomic mass is 35.5. The molecule has 0 aliphatic carbocycles. The van der Waals surface area contributed by atoms with E-state index in [-0.39, 0.29) is 41.7 Å². The lowest BCUT2D eigenvalue weighted by Gasteiger charge is -2.24. The van der Waals surface area contributed by atoms with Crippen LogP contribution in [0, 0.1) is 0 Å². The average Bonchev–Trinajstić information content (AvgIpc) is 3.68. The van der Waals surface area contributed by atoms with E-state index in [2.05, 4.69) is 21.3 Å². The number of hydrogen-bond donors (Lipinski definition) is 8. The second kappa shape index (κ2) is 20.0. The number of carbonyl (C=O) groups is 7. The third-order valence-electron chi connectivity index (χ3n) is 8.01. The number of likely N-dealkylation sites (tertiary alicyclic amines) is 1. The molecular weight excluding hydrogens is 817 g/mol. The van der Waals surface area contributed by atoms with Crippen molar-refractivity contribution in [3.63, 3.8) is 0 Å². The minimum Gasteiger partial charge on any atom is -0.480 e. The second-order valence-electron chi connectivity index (χ2n) is 12.1. The Bertz CT molecular complexity index is 1880. The van der Waals surface area contributed by atoms with Crippen molar-refractivity contribution in [1.29, 1.82) is 0 Å². The van der Waals surface area contributed by atoms with Crippen LogP contribution in [0.2, 0.25) is 14.4 Å². The number of amides is 5. The van der Waals surface area contributed by atoms with Crippen molar-refractivity contribution >= 4 is 97.6 Å². The molecule has 1 aliphatic heterocycles. The van der Waals surface area contributed by atoms with E-state index in [1.165, 1.54) is 6.07 Å². The maximum atomic E-state index is 13.7. The number of primary sulfonamides is 1. The first-order chi connectivity index (χ1) is 25.3. The molecule has 0 saturated carbocycles. The fourth-order valence-corrected chi connectivity index (χ4v) is 8.21. The molecule has 10 N–H and O–H groups in total. The molecule has 2 heterocycles. The summed E-state index contributed by atoms with van der Waals surface area (Å²) in [5.41, 5.74) is 5.47. The number of unbranched alkanes of at least 4 members (excludes halogenated alkanes) is 1. The lowest BCUT2D eigenvalue weighted by molar-refractivity contribution is -0.144. The first kappa shape index (κ1) is 44.3. The van der Waals surface area contributed by atoms with Gasteiger partial charge in [-0.3, -0.25) is 24.0 Å². The summed E-state index contributed by atoms with van der Waals surface area (Å²) in [5.74, 6) is -6.95. The monoisotopic (exact) mass is 853 g/mol. The molecule has 0 bridgehead atoms. The molecular formula is C31H38Cl3N7O11S2. The molecule has 1 fully saturated rings. The van der Waals surface area contributed by atoms with Gasteiger partial charge in [-0.2, -0.15) is 0 Å². The number of rotatable bonds is 19. The van der Waals surface area contributed by atoms with Crippen molar-refractivity contribution in [2.24, 2.45) is 10.9 Å². The minimum atomic E-state index is -4.41. The Labute approximate surface area is 328 Å². The quantitative estimate of drug-likeness (QED) is 0.0895. The van der Waals surface area contributed by atoms with Crippen LogP contribution in [0.15, 0.2) is 28.5 Å². The summed E-state index contributed by atoms with van der Waals surface area (Å²) in [7, 11) is -4.41. The Hall–Kier alpha value is -4.05. The van der Waals surface area contributed by atoms with Gasteiger partial charge in [-0.25, -0.2) is 23.1 Å². The Morgan fingerprint density at radius 1 is 0.944 bits per heavy atom. The lowest BCUT2D eigenvalue weighted by Crippen LogP contribution is -2.48. The summed E-state index contributed by atoms with van der Waals surface area (Å²) in [6, 6.07) is 0.539. The van der Waals surface area contributed by atoms with Gasteiger partial charge in [-0.05, 0) is 56.0 Å². The van der Waals surface area contributed by atoms with Crippen molar-refractivity contribution in [3.8, 4) is 0 Å². The van der Waals surface area contributed by atoms with Crippen molar-refractivity contribution in [3.05, 3.63) is 49.8 Å². The zero-order valence-corrected chi connectivity index (χ0v) is 32.2. The van der Waals surface area contributed by atoms with Gasteiger partial charge in [0.2, 0.25) is 33.7 Å². The molecule has 23 heteroatoms. The molecule has 296 valence electrons. The number of aliphatic carboxylic acids is 2. The highest BCUT2D eigenvalue weighted by Gasteiger charge is 2.42. The van der Waals surface area contributed by atoms with Gasteiger partial charge < -0.3 is 42.1 Å². The molecule has 3 rings (SSSR count). The number of thiophene rings is 1. The molecule has 2 aromatic rings. The van der Waals surface area contributed by atoms with Gasteiger partial charge in [0.25, 0.3) is 5.91 Å². The third kappa shape index (κ3) is 13.1. The van der Waals surface area contributed by atoms with E-state index >= 15 is 0 Å². The van der Waals surface area contributed by atoms with Crippen LogP contribution in [-0.4, -0.2) is 109 Å². The average molecular weight is 855 g/mol. The Balaban J connectivity index is 1.68. The van der Waals surface area contributed by atoms with Crippen LogP contribution in [0.3, 0.4) is 0 Å². The minimum absolute atomic E-state index is 0.0613. The molecule has 1 aromatic carbocycles. The maximum absolute atomic E-state index is 13.7. The van der Waals surface area contributed by atoms with Gasteiger partial charge in [0.15, 0.2) is 0 Å². The molecule has 4 atom stereocenters. The number of halogens is 3. The van der Waals surface area contributed by atoms with Gasteiger partial charge >= 0.3 is 11.9 Å². The molecule has 1 aliphatic rings. The molecule has 0 unspecified atom stereocenters. The SMILES string of the molecule is NCCCC[C@H](NC(=O)C[C@H](NC(=O)CCNC(=O)[C@@H]1C[C@H](NC(=O)Cc2ccc(Cl)cc2Cl)CN1C(=O)c1cc(Cl)sc1S(N)(=O)=O)C(=O)O)C(=O)O. The molecule has 1 saturated heterocycles. The standard InChI is InChI=1S/C31H38Cl3N7O11S2/c32-16-5-4-15(19(33)10-16)9-25(43)38-17-11-22(41(14-17)28(46)18-12-23(34)53-31(18)54(36,51)52)27(45)37-8-6-24(42)40-21(30(49)50)13-26(44)39-20(29(47)48)3-1-2-7-35/h4-5,10,12,17,20-22H,1-3,6-9,11,13-14,35H2,(H,37,45)(H,38,43)(H,39,44)(H,40,42)(H,47,48)(H,49,50)(H2,36,51,52)/t17-,20-,21-,22-/m0/s1. The van der Waals surface area contributed by atoms with Crippen molar-refractivity contribution in [1.82, 2.24) is 26.2 Å². The van der Waals surface area contributed by atoms with E-state index in [1.54, 1.807) is 12.1 Å². The van der Waals surface area contributed by atoms with Crippen LogP contribution < -0.4 is 32.1 Å². The van der Waals surface area contributed by atoms with E-state index in [1.807, 2.05) is 0 Å². The predicted octanol–water partition coefficient (Wildman–Crippen LogP) is 0.462. The van der Waals surface area contributed by atoms with Crippen molar-refractivity contribution in [2.45, 2.75) is 73.3 Å². The predicted molar refractivity (Wildman–Crippen MR) is 197 cm³/mol. The molecule has 5 amide bonds. The summed E-state index contributed by atoms with van der Waals surface area (Å²) >= 11 is 18.7. The topological polar surface area (TPSA) is 297 Å². The zero-order valence-electron chi connectivity index (χ0n) is 28.3. The van der Waals surface area contributed by atoms with Crippen LogP contribution in [-0.2, 0) is 45.2 Å². The summed E-state index contributed by atoms with van der Waals surface area (Å²) in [6.07, 6.45) is -0.586. The van der Waals surface area contributed by atoms with Gasteiger partial charge in [-0.1, -0.05) is 40.9 Å². The lowest BCUT2D eigenvalue weighted by atomic mass is 10.1. The highest BCUT2D eigenvalue weighted by Crippen LogP contribution is 2.33. The normalized spacial score (nSPS) is 16.6. The number of nitrogens with one attached hydrogen (secondary N) is 4. The van der Waals surface area contributed by atoms with E-state index in [0.29, 0.717) is 41.3 Å². The first-order valence-electron chi connectivity index (χ1n) is 16.2. The maximum Gasteiger partial charge on any atom is 0.326 e. The van der Waals surface area contributed by atoms with Crippen LogP contribution >= 0.6 is 46.1 Å². The fourth-order valence-electron chi connectivity index (χ4n) is 5.46. The molecule has 0 spiro atoms. The molecule has 18 nitrogen and oxygen atoms in total. The van der Waals surface area contributed by atoms with Crippen molar-refractivity contribution < 1.29 is 52.2 Å². The summed E-state index contributed by atoms with van der Waals surface area (Å²) in [5, 5.41) is 34.4. The molecule has 54 heavy (non-hydrogen) atoms. The number of hydrogen-bond acceptors (Lipinski definition) is 11. The van der Waals surface area contributed by atoms with Gasteiger partial charge in [0, 0.05) is 35.6 Å². The van der Waals surface area contributed by atoms with Crippen LogP contribution in [0.5, 0.6) is 0 Å². The highest BCUT2D eigenvalue weighted by molar-refractivity contribution is 7.91. The Kier molecular flexibility index (Phi) is 16.5. The fraction of sp³-hybridized carbons (Fsp3) is 0.452. The molecule has 1 aromatic heterocycles. The van der Waals surface area contributed by atoms with E-state index in [0.717, 1.165) is 11.0 Å². The Morgan fingerprint density at radius 3 is 2.22 bits per heavy atom. The number of carboxylic acid groups (broad SMARTS) is 2.